The van der Waals surface area contributed by atoms with Gasteiger partial charge in [0.05, 0.1) is 5.69 Å². The fourth-order valence-electron chi connectivity index (χ4n) is 1.74. The second kappa shape index (κ2) is 5.18. The standard InChI is InChI=1S/C17H19N/c1-17(2,3)15-9-11-16(12-10-15)18-13-14-7-5-4-6-8-14/h4-13H,1-3H3/b18-13+. The fraction of sp³-hybridized carbons (Fsp3) is 0.235. The van der Waals surface area contributed by atoms with Crippen LogP contribution in [-0.2, 0) is 5.41 Å². The number of benzene rings is 2. The predicted molar refractivity (Wildman–Crippen MR) is 78.8 cm³/mol. The van der Waals surface area contributed by atoms with Crippen molar-refractivity contribution in [3.05, 3.63) is 65.7 Å². The quantitative estimate of drug-likeness (QED) is 0.669. The van der Waals surface area contributed by atoms with Crippen LogP contribution in [0, 0.1) is 0 Å². The summed E-state index contributed by atoms with van der Waals surface area (Å²) in [4.78, 5) is 4.47. The third kappa shape index (κ3) is 3.30. The lowest BCUT2D eigenvalue weighted by atomic mass is 9.87. The summed E-state index contributed by atoms with van der Waals surface area (Å²) in [6.07, 6.45) is 1.89. The molecule has 0 N–H and O–H groups in total. The van der Waals surface area contributed by atoms with Crippen LogP contribution in [0.5, 0.6) is 0 Å². The van der Waals surface area contributed by atoms with E-state index >= 15 is 0 Å². The van der Waals surface area contributed by atoms with Gasteiger partial charge in [-0.2, -0.15) is 0 Å². The van der Waals surface area contributed by atoms with Crippen molar-refractivity contribution in [2.75, 3.05) is 0 Å². The molecule has 92 valence electrons. The molecule has 0 aromatic heterocycles. The van der Waals surface area contributed by atoms with E-state index < -0.39 is 0 Å². The highest BCUT2D eigenvalue weighted by molar-refractivity contribution is 5.81. The summed E-state index contributed by atoms with van der Waals surface area (Å²) >= 11 is 0. The summed E-state index contributed by atoms with van der Waals surface area (Å²) in [6.45, 7) is 6.65. The molecule has 0 radical (unpaired) electrons. The summed E-state index contributed by atoms with van der Waals surface area (Å²) in [5.74, 6) is 0. The highest BCUT2D eigenvalue weighted by atomic mass is 14.7. The molecule has 0 saturated heterocycles. The van der Waals surface area contributed by atoms with E-state index in [1.165, 1.54) is 5.56 Å². The van der Waals surface area contributed by atoms with E-state index in [0.29, 0.717) is 0 Å². The molecule has 0 aliphatic rings. The van der Waals surface area contributed by atoms with Gasteiger partial charge in [-0.25, -0.2) is 0 Å². The summed E-state index contributed by atoms with van der Waals surface area (Å²) in [6, 6.07) is 18.6. The molecule has 0 atom stereocenters. The van der Waals surface area contributed by atoms with Crippen LogP contribution in [0.15, 0.2) is 59.6 Å². The van der Waals surface area contributed by atoms with Gasteiger partial charge in [0.15, 0.2) is 0 Å². The number of nitrogens with zero attached hydrogens (tertiary/aromatic N) is 1. The van der Waals surface area contributed by atoms with Crippen molar-refractivity contribution >= 4 is 11.9 Å². The van der Waals surface area contributed by atoms with Gasteiger partial charge in [-0.15, -0.1) is 0 Å². The Balaban J connectivity index is 2.14. The maximum Gasteiger partial charge on any atom is 0.0630 e. The van der Waals surface area contributed by atoms with Gasteiger partial charge in [-0.1, -0.05) is 63.2 Å². The molecule has 2 aromatic rings. The Labute approximate surface area is 109 Å². The minimum absolute atomic E-state index is 0.196. The van der Waals surface area contributed by atoms with Crippen molar-refractivity contribution in [2.45, 2.75) is 26.2 Å². The van der Waals surface area contributed by atoms with Gasteiger partial charge >= 0.3 is 0 Å². The molecule has 0 saturated carbocycles. The van der Waals surface area contributed by atoms with Gasteiger partial charge in [0.25, 0.3) is 0 Å². The molecule has 0 unspecified atom stereocenters. The van der Waals surface area contributed by atoms with Crippen molar-refractivity contribution in [1.82, 2.24) is 0 Å². The van der Waals surface area contributed by atoms with E-state index in [-0.39, 0.29) is 5.41 Å². The first kappa shape index (κ1) is 12.6. The van der Waals surface area contributed by atoms with Gasteiger partial charge in [-0.05, 0) is 28.7 Å². The number of hydrogen-bond acceptors (Lipinski definition) is 1. The average molecular weight is 237 g/mol. The van der Waals surface area contributed by atoms with Crippen LogP contribution in [0.4, 0.5) is 5.69 Å². The van der Waals surface area contributed by atoms with Crippen LogP contribution in [0.1, 0.15) is 31.9 Å². The van der Waals surface area contributed by atoms with Crippen molar-refractivity contribution in [2.24, 2.45) is 4.99 Å². The molecule has 0 aliphatic carbocycles. The molecule has 0 fully saturated rings. The third-order valence-electron chi connectivity index (χ3n) is 2.90. The first-order chi connectivity index (χ1) is 8.55. The van der Waals surface area contributed by atoms with Crippen LogP contribution in [0.3, 0.4) is 0 Å². The smallest absolute Gasteiger partial charge is 0.0630 e. The van der Waals surface area contributed by atoms with Crippen molar-refractivity contribution < 1.29 is 0 Å². The molecule has 18 heavy (non-hydrogen) atoms. The van der Waals surface area contributed by atoms with E-state index in [2.05, 4.69) is 50.0 Å². The second-order valence-electron chi connectivity index (χ2n) is 5.47. The van der Waals surface area contributed by atoms with E-state index in [4.69, 9.17) is 0 Å². The van der Waals surface area contributed by atoms with Crippen molar-refractivity contribution in [1.29, 1.82) is 0 Å². The predicted octanol–water partition coefficient (Wildman–Crippen LogP) is 4.73. The van der Waals surface area contributed by atoms with Crippen LogP contribution in [-0.4, -0.2) is 6.21 Å². The SMILES string of the molecule is CC(C)(C)c1ccc(/N=C/c2ccccc2)cc1. The van der Waals surface area contributed by atoms with Gasteiger partial charge in [0.1, 0.15) is 0 Å². The van der Waals surface area contributed by atoms with Gasteiger partial charge in [-0.3, -0.25) is 4.99 Å². The zero-order valence-electron chi connectivity index (χ0n) is 11.2. The van der Waals surface area contributed by atoms with Crippen LogP contribution in [0.25, 0.3) is 0 Å². The zero-order valence-corrected chi connectivity index (χ0v) is 11.2. The molecule has 0 spiro atoms. The maximum atomic E-state index is 4.47. The monoisotopic (exact) mass is 237 g/mol. The maximum absolute atomic E-state index is 4.47. The molecule has 2 aromatic carbocycles. The number of hydrogen-bond donors (Lipinski definition) is 0. The summed E-state index contributed by atoms with van der Waals surface area (Å²) in [7, 11) is 0. The summed E-state index contributed by atoms with van der Waals surface area (Å²) in [5.41, 5.74) is 3.65. The van der Waals surface area contributed by atoms with E-state index in [0.717, 1.165) is 11.3 Å². The highest BCUT2D eigenvalue weighted by Crippen LogP contribution is 2.24. The zero-order chi connectivity index (χ0) is 13.0. The lowest BCUT2D eigenvalue weighted by Gasteiger charge is -2.18. The molecule has 0 bridgehead atoms. The Morgan fingerprint density at radius 3 is 2.00 bits per heavy atom. The molecular formula is C17H19N. The summed E-state index contributed by atoms with van der Waals surface area (Å²) in [5, 5.41) is 0. The molecule has 1 heteroatoms. The average Bonchev–Trinajstić information content (AvgIpc) is 2.37. The van der Waals surface area contributed by atoms with Crippen LogP contribution < -0.4 is 0 Å². The number of rotatable bonds is 2. The number of aliphatic imine (C=N–C) groups is 1. The molecule has 1 nitrogen and oxygen atoms in total. The molecule has 0 amide bonds. The topological polar surface area (TPSA) is 12.4 Å². The highest BCUT2D eigenvalue weighted by Gasteiger charge is 2.12. The van der Waals surface area contributed by atoms with Crippen molar-refractivity contribution in [3.8, 4) is 0 Å². The second-order valence-corrected chi connectivity index (χ2v) is 5.47. The Morgan fingerprint density at radius 2 is 1.44 bits per heavy atom. The third-order valence-corrected chi connectivity index (χ3v) is 2.90. The van der Waals surface area contributed by atoms with E-state index in [1.54, 1.807) is 0 Å². The Morgan fingerprint density at radius 1 is 0.833 bits per heavy atom. The Hall–Kier alpha value is -1.89. The molecular weight excluding hydrogens is 218 g/mol. The molecule has 0 aliphatic heterocycles. The van der Waals surface area contributed by atoms with Gasteiger partial charge < -0.3 is 0 Å². The van der Waals surface area contributed by atoms with Crippen molar-refractivity contribution in [3.63, 3.8) is 0 Å². The first-order valence-electron chi connectivity index (χ1n) is 6.25. The Kier molecular flexibility index (Phi) is 3.61. The van der Waals surface area contributed by atoms with Gasteiger partial charge in [0.2, 0.25) is 0 Å². The lowest BCUT2D eigenvalue weighted by molar-refractivity contribution is 0.590. The Bertz CT molecular complexity index is 516. The molecule has 0 heterocycles. The fourth-order valence-corrected chi connectivity index (χ4v) is 1.74. The minimum Gasteiger partial charge on any atom is -0.256 e. The minimum atomic E-state index is 0.196. The largest absolute Gasteiger partial charge is 0.256 e. The van der Waals surface area contributed by atoms with Crippen LogP contribution in [0.2, 0.25) is 0 Å². The first-order valence-corrected chi connectivity index (χ1v) is 6.25. The lowest BCUT2D eigenvalue weighted by Crippen LogP contribution is -2.10. The van der Waals surface area contributed by atoms with E-state index in [1.807, 2.05) is 36.5 Å². The molecule has 2 rings (SSSR count). The van der Waals surface area contributed by atoms with Crippen LogP contribution >= 0.6 is 0 Å². The van der Waals surface area contributed by atoms with Gasteiger partial charge in [0, 0.05) is 6.21 Å². The summed E-state index contributed by atoms with van der Waals surface area (Å²) < 4.78 is 0. The van der Waals surface area contributed by atoms with E-state index in [9.17, 15) is 0 Å². The normalized spacial score (nSPS) is 11.9.